The molecule has 4 aromatic carbocycles. The van der Waals surface area contributed by atoms with Crippen LogP contribution in [0, 0.1) is 34.1 Å². The minimum atomic E-state index is -1.93. The molecule has 1 aromatic heterocycles. The summed E-state index contributed by atoms with van der Waals surface area (Å²) in [6.07, 6.45) is 0. The number of esters is 1. The van der Waals surface area contributed by atoms with E-state index in [9.17, 15) is 25.0 Å². The van der Waals surface area contributed by atoms with Crippen LogP contribution in [-0.2, 0) is 15.3 Å². The molecular formula is C32H20N2O8. The number of furan rings is 1. The maximum absolute atomic E-state index is 13.9. The van der Waals surface area contributed by atoms with Gasteiger partial charge in [0.25, 0.3) is 11.4 Å². The molecule has 1 spiro atoms. The predicted octanol–water partition coefficient (Wildman–Crippen LogP) is 7.25. The Morgan fingerprint density at radius 2 is 1.38 bits per heavy atom. The van der Waals surface area contributed by atoms with Crippen LogP contribution >= 0.6 is 0 Å². The second kappa shape index (κ2) is 8.87. The first-order chi connectivity index (χ1) is 20.2. The Kier molecular flexibility index (Phi) is 5.32. The van der Waals surface area contributed by atoms with E-state index in [0.717, 1.165) is 11.1 Å². The molecule has 10 heteroatoms. The van der Waals surface area contributed by atoms with Gasteiger partial charge in [-0.15, -0.1) is 0 Å². The van der Waals surface area contributed by atoms with Crippen molar-refractivity contribution >= 4 is 39.5 Å². The molecule has 1 atom stereocenters. The van der Waals surface area contributed by atoms with Gasteiger partial charge in [-0.2, -0.15) is 0 Å². The van der Waals surface area contributed by atoms with Crippen molar-refractivity contribution in [3.05, 3.63) is 133 Å². The summed E-state index contributed by atoms with van der Waals surface area (Å²) >= 11 is 0. The van der Waals surface area contributed by atoms with E-state index in [2.05, 4.69) is 0 Å². The molecule has 7 rings (SSSR count). The third-order valence-electron chi connectivity index (χ3n) is 7.52. The van der Waals surface area contributed by atoms with Crippen LogP contribution in [0.2, 0.25) is 0 Å². The molecule has 10 nitrogen and oxygen atoms in total. The number of nitrogens with zero attached hydrogens (tertiary/aromatic N) is 2. The largest absolute Gasteiger partial charge is 0.455 e. The molecule has 0 amide bonds. The van der Waals surface area contributed by atoms with Gasteiger partial charge in [-0.25, -0.2) is 4.79 Å². The zero-order chi connectivity index (χ0) is 29.3. The summed E-state index contributed by atoms with van der Waals surface area (Å²) in [5, 5.41) is 24.1. The smallest absolute Gasteiger partial charge is 0.343 e. The molecular weight excluding hydrogens is 540 g/mol. The Labute approximate surface area is 237 Å². The van der Waals surface area contributed by atoms with Gasteiger partial charge in [0.15, 0.2) is 5.76 Å². The van der Waals surface area contributed by atoms with Crippen molar-refractivity contribution in [3.63, 3.8) is 0 Å². The van der Waals surface area contributed by atoms with Crippen molar-refractivity contribution in [1.82, 2.24) is 0 Å². The number of nitro benzene ring substituents is 2. The van der Waals surface area contributed by atoms with Crippen LogP contribution in [0.5, 0.6) is 5.75 Å². The van der Waals surface area contributed by atoms with Crippen molar-refractivity contribution in [1.29, 1.82) is 0 Å². The summed E-state index contributed by atoms with van der Waals surface area (Å²) < 4.78 is 19.3. The monoisotopic (exact) mass is 560 g/mol. The van der Waals surface area contributed by atoms with Crippen LogP contribution < -0.4 is 4.74 Å². The second-order valence-electron chi connectivity index (χ2n) is 10.3. The molecule has 0 N–H and O–H groups in total. The molecule has 206 valence electrons. The van der Waals surface area contributed by atoms with Gasteiger partial charge in [0.2, 0.25) is 0 Å². The summed E-state index contributed by atoms with van der Waals surface area (Å²) in [6.45, 7) is 3.85. The lowest BCUT2D eigenvalue weighted by atomic mass is 9.83. The number of hydrogen-bond acceptors (Lipinski definition) is 8. The number of carbonyl (C=O) groups excluding carboxylic acids is 1. The Bertz CT molecular complexity index is 2060. The lowest BCUT2D eigenvalue weighted by molar-refractivity contribution is -0.385. The Balaban J connectivity index is 1.63. The molecule has 2 aliphatic heterocycles. The van der Waals surface area contributed by atoms with Gasteiger partial charge in [-0.05, 0) is 49.2 Å². The first-order valence-corrected chi connectivity index (χ1v) is 13.0. The second-order valence-corrected chi connectivity index (χ2v) is 10.3. The SMILES string of the molecule is Cc1ccc2c(c1)-c1oc3ccc(C)cc3c1C1(OC(=O)C(c3cccc([N+](=O)[O-])c3)=C1c1cccc([N+](=O)[O-])c1)O2. The number of ether oxygens (including phenoxy) is 2. The van der Waals surface area contributed by atoms with Crippen molar-refractivity contribution in [2.75, 3.05) is 0 Å². The zero-order valence-electron chi connectivity index (χ0n) is 22.2. The Morgan fingerprint density at radius 3 is 2.10 bits per heavy atom. The Morgan fingerprint density at radius 1 is 0.738 bits per heavy atom. The number of nitro groups is 2. The van der Waals surface area contributed by atoms with E-state index in [-0.39, 0.29) is 33.6 Å². The highest BCUT2D eigenvalue weighted by Gasteiger charge is 2.58. The standard InChI is InChI=1S/C32H20N2O8/c1-17-9-11-25-23(13-17)29-30(40-25)24-14-18(2)10-12-26(24)41-32(29)28(20-6-4-8-22(16-20)34(38)39)27(31(35)42-32)19-5-3-7-21(15-19)33(36)37/h3-16H,1-2H3. The van der Waals surface area contributed by atoms with E-state index >= 15 is 0 Å². The van der Waals surface area contributed by atoms with Crippen molar-refractivity contribution in [2.45, 2.75) is 19.6 Å². The highest BCUT2D eigenvalue weighted by Crippen LogP contribution is 2.59. The van der Waals surface area contributed by atoms with Crippen molar-refractivity contribution < 1.29 is 28.5 Å². The predicted molar refractivity (Wildman–Crippen MR) is 153 cm³/mol. The fourth-order valence-corrected chi connectivity index (χ4v) is 5.74. The van der Waals surface area contributed by atoms with Gasteiger partial charge < -0.3 is 13.9 Å². The van der Waals surface area contributed by atoms with Gasteiger partial charge in [-0.1, -0.05) is 47.5 Å². The summed E-state index contributed by atoms with van der Waals surface area (Å²) in [7, 11) is 0. The lowest BCUT2D eigenvalue weighted by Gasteiger charge is -2.35. The topological polar surface area (TPSA) is 135 Å². The van der Waals surface area contributed by atoms with Gasteiger partial charge >= 0.3 is 11.8 Å². The summed E-state index contributed by atoms with van der Waals surface area (Å²) in [5.41, 5.74) is 3.67. The fraction of sp³-hybridized carbons (Fsp3) is 0.0938. The molecule has 1 unspecified atom stereocenters. The molecule has 3 heterocycles. The third kappa shape index (κ3) is 3.62. The number of benzene rings is 4. The number of rotatable bonds is 4. The summed E-state index contributed by atoms with van der Waals surface area (Å²) in [5.74, 6) is -1.93. The average Bonchev–Trinajstić information content (AvgIpc) is 3.49. The molecule has 5 aromatic rings. The van der Waals surface area contributed by atoms with Crippen LogP contribution in [0.15, 0.2) is 89.3 Å². The van der Waals surface area contributed by atoms with E-state index in [0.29, 0.717) is 33.6 Å². The van der Waals surface area contributed by atoms with Crippen LogP contribution in [0.4, 0.5) is 11.4 Å². The first kappa shape index (κ1) is 25.2. The first-order valence-electron chi connectivity index (χ1n) is 13.0. The highest BCUT2D eigenvalue weighted by molar-refractivity contribution is 6.29. The molecule has 0 fully saturated rings. The van der Waals surface area contributed by atoms with Gasteiger partial charge in [0.1, 0.15) is 11.3 Å². The number of carbonyl (C=O) groups is 1. The zero-order valence-corrected chi connectivity index (χ0v) is 22.2. The minimum Gasteiger partial charge on any atom is -0.455 e. The minimum absolute atomic E-state index is 0.0114. The molecule has 0 aliphatic carbocycles. The molecule has 2 aliphatic rings. The average molecular weight is 561 g/mol. The van der Waals surface area contributed by atoms with Crippen molar-refractivity contribution in [2.24, 2.45) is 0 Å². The quantitative estimate of drug-likeness (QED) is 0.127. The lowest BCUT2D eigenvalue weighted by Crippen LogP contribution is -2.38. The van der Waals surface area contributed by atoms with Crippen LogP contribution in [0.1, 0.15) is 27.8 Å². The molecule has 0 saturated heterocycles. The van der Waals surface area contributed by atoms with E-state index < -0.39 is 21.6 Å². The number of aryl methyl sites for hydroxylation is 2. The Hall–Kier alpha value is -5.77. The van der Waals surface area contributed by atoms with Crippen LogP contribution in [0.3, 0.4) is 0 Å². The van der Waals surface area contributed by atoms with E-state index in [1.807, 2.05) is 44.2 Å². The van der Waals surface area contributed by atoms with E-state index in [4.69, 9.17) is 13.9 Å². The third-order valence-corrected chi connectivity index (χ3v) is 7.52. The summed E-state index contributed by atoms with van der Waals surface area (Å²) in [4.78, 5) is 36.3. The molecule has 0 radical (unpaired) electrons. The summed E-state index contributed by atoms with van der Waals surface area (Å²) in [6, 6.07) is 22.5. The van der Waals surface area contributed by atoms with Crippen molar-refractivity contribution in [3.8, 4) is 17.1 Å². The highest BCUT2D eigenvalue weighted by atomic mass is 16.7. The van der Waals surface area contributed by atoms with Gasteiger partial charge in [0, 0.05) is 29.7 Å². The molecule has 0 bridgehead atoms. The van der Waals surface area contributed by atoms with Crippen LogP contribution in [-0.4, -0.2) is 15.8 Å². The number of fused-ring (bicyclic) bond motifs is 6. The normalized spacial score (nSPS) is 17.1. The maximum atomic E-state index is 13.9. The van der Waals surface area contributed by atoms with E-state index in [1.54, 1.807) is 18.2 Å². The van der Waals surface area contributed by atoms with E-state index in [1.165, 1.54) is 36.4 Å². The van der Waals surface area contributed by atoms with Crippen LogP contribution in [0.25, 0.3) is 33.4 Å². The fourth-order valence-electron chi connectivity index (χ4n) is 5.74. The van der Waals surface area contributed by atoms with Gasteiger partial charge in [0.05, 0.1) is 32.1 Å². The number of non-ortho nitro benzene ring substituents is 2. The molecule has 42 heavy (non-hydrogen) atoms. The maximum Gasteiger partial charge on any atom is 0.343 e. The van der Waals surface area contributed by atoms with Gasteiger partial charge in [-0.3, -0.25) is 20.2 Å². The molecule has 0 saturated carbocycles. The number of hydrogen-bond donors (Lipinski definition) is 0.